The topological polar surface area (TPSA) is 85.1 Å². The van der Waals surface area contributed by atoms with Gasteiger partial charge in [0.1, 0.15) is 12.1 Å². The smallest absolute Gasteiger partial charge is 0.267 e. The summed E-state index contributed by atoms with van der Waals surface area (Å²) in [7, 11) is 0. The molecule has 0 spiro atoms. The lowest BCUT2D eigenvalue weighted by Crippen LogP contribution is -2.55. The summed E-state index contributed by atoms with van der Waals surface area (Å²) in [5.41, 5.74) is 2.17. The predicted molar refractivity (Wildman–Crippen MR) is 128 cm³/mol. The molecule has 6 rings (SSSR count). The second-order valence-electron chi connectivity index (χ2n) is 8.59. The van der Waals surface area contributed by atoms with Gasteiger partial charge in [0.25, 0.3) is 11.8 Å². The number of aromatic nitrogens is 1. The second kappa shape index (κ2) is 8.79. The van der Waals surface area contributed by atoms with Crippen LogP contribution in [0.3, 0.4) is 0 Å². The lowest BCUT2D eigenvalue weighted by Gasteiger charge is -2.37. The first kappa shape index (κ1) is 21.2. The molecule has 0 radical (unpaired) electrons. The zero-order valence-corrected chi connectivity index (χ0v) is 18.9. The Kier molecular flexibility index (Phi) is 5.33. The van der Waals surface area contributed by atoms with Gasteiger partial charge in [0, 0.05) is 37.3 Å². The predicted octanol–water partition coefficient (Wildman–Crippen LogP) is 3.62. The third-order valence-corrected chi connectivity index (χ3v) is 6.42. The van der Waals surface area contributed by atoms with Crippen LogP contribution in [0.2, 0.25) is 0 Å². The molecule has 1 fully saturated rings. The Labute approximate surface area is 201 Å². The molecule has 2 aliphatic rings. The van der Waals surface area contributed by atoms with Crippen molar-refractivity contribution in [2.45, 2.75) is 6.10 Å². The average molecular weight is 469 g/mol. The Hall–Kier alpha value is -4.33. The maximum atomic E-state index is 13.3. The lowest BCUT2D eigenvalue weighted by atomic mass is 10.1. The fourth-order valence-electron chi connectivity index (χ4n) is 4.53. The van der Waals surface area contributed by atoms with Crippen molar-refractivity contribution < 1.29 is 23.6 Å². The van der Waals surface area contributed by atoms with E-state index in [4.69, 9.17) is 14.0 Å². The van der Waals surface area contributed by atoms with Crippen molar-refractivity contribution in [1.29, 1.82) is 0 Å². The minimum Gasteiger partial charge on any atom is -0.485 e. The second-order valence-corrected chi connectivity index (χ2v) is 8.59. The minimum atomic E-state index is -0.681. The van der Waals surface area contributed by atoms with Crippen molar-refractivity contribution in [1.82, 2.24) is 15.0 Å². The molecule has 4 aromatic rings. The molecule has 1 aromatic heterocycles. The molecule has 0 aliphatic carbocycles. The molecular weight excluding hydrogens is 446 g/mol. The zero-order valence-electron chi connectivity index (χ0n) is 18.9. The highest BCUT2D eigenvalue weighted by atomic mass is 16.6. The summed E-state index contributed by atoms with van der Waals surface area (Å²) in [5.74, 6) is 1.66. The maximum absolute atomic E-state index is 13.3. The van der Waals surface area contributed by atoms with E-state index < -0.39 is 6.10 Å². The third-order valence-electron chi connectivity index (χ3n) is 6.42. The van der Waals surface area contributed by atoms with Gasteiger partial charge in [0.15, 0.2) is 17.3 Å². The van der Waals surface area contributed by atoms with E-state index in [9.17, 15) is 9.59 Å². The molecule has 2 aliphatic heterocycles. The molecule has 3 heterocycles. The number of amides is 2. The number of para-hydroxylation sites is 2. The number of benzene rings is 3. The van der Waals surface area contributed by atoms with Gasteiger partial charge in [0.05, 0.1) is 5.39 Å². The van der Waals surface area contributed by atoms with Crippen LogP contribution in [0.25, 0.3) is 22.2 Å². The fourth-order valence-corrected chi connectivity index (χ4v) is 4.53. The van der Waals surface area contributed by atoms with Crippen LogP contribution in [-0.2, 0) is 4.79 Å². The Morgan fingerprint density at radius 2 is 1.54 bits per heavy atom. The first-order valence-corrected chi connectivity index (χ1v) is 11.6. The number of hydrogen-bond donors (Lipinski definition) is 0. The van der Waals surface area contributed by atoms with Gasteiger partial charge in [-0.1, -0.05) is 47.6 Å². The van der Waals surface area contributed by atoms with Crippen LogP contribution in [0, 0.1) is 0 Å². The first-order chi connectivity index (χ1) is 17.2. The number of nitrogens with zero attached hydrogens (tertiary/aromatic N) is 3. The number of carbonyl (C=O) groups excluding carboxylic acids is 2. The highest BCUT2D eigenvalue weighted by molar-refractivity contribution is 6.01. The molecule has 3 aromatic carbocycles. The van der Waals surface area contributed by atoms with Crippen LogP contribution in [0.15, 0.2) is 77.3 Å². The molecule has 0 N–H and O–H groups in total. The molecule has 0 bridgehead atoms. The molecule has 35 heavy (non-hydrogen) atoms. The van der Waals surface area contributed by atoms with Gasteiger partial charge >= 0.3 is 0 Å². The number of ether oxygens (including phenoxy) is 2. The van der Waals surface area contributed by atoms with Crippen molar-refractivity contribution >= 4 is 22.7 Å². The Balaban J connectivity index is 1.13. The number of piperazine rings is 1. The molecule has 8 nitrogen and oxygen atoms in total. The van der Waals surface area contributed by atoms with Gasteiger partial charge in [-0.05, 0) is 30.3 Å². The number of hydrogen-bond acceptors (Lipinski definition) is 6. The van der Waals surface area contributed by atoms with Gasteiger partial charge in [-0.15, -0.1) is 0 Å². The Morgan fingerprint density at radius 1 is 0.829 bits per heavy atom. The van der Waals surface area contributed by atoms with Gasteiger partial charge in [-0.25, -0.2) is 0 Å². The molecular formula is C27H23N3O5. The van der Waals surface area contributed by atoms with Crippen LogP contribution in [0.4, 0.5) is 0 Å². The third kappa shape index (κ3) is 3.97. The van der Waals surface area contributed by atoms with Crippen LogP contribution in [0.5, 0.6) is 11.5 Å². The molecule has 1 unspecified atom stereocenters. The molecule has 1 saturated heterocycles. The molecule has 176 valence electrons. The average Bonchev–Trinajstić information content (AvgIpc) is 3.36. The highest BCUT2D eigenvalue weighted by Gasteiger charge is 2.33. The van der Waals surface area contributed by atoms with E-state index in [0.717, 1.165) is 10.9 Å². The summed E-state index contributed by atoms with van der Waals surface area (Å²) < 4.78 is 17.1. The van der Waals surface area contributed by atoms with Crippen molar-refractivity contribution in [3.63, 3.8) is 0 Å². The van der Waals surface area contributed by atoms with Crippen molar-refractivity contribution in [2.24, 2.45) is 0 Å². The van der Waals surface area contributed by atoms with E-state index in [2.05, 4.69) is 5.16 Å². The summed E-state index contributed by atoms with van der Waals surface area (Å²) in [6.07, 6.45) is -0.681. The van der Waals surface area contributed by atoms with E-state index >= 15 is 0 Å². The molecule has 8 heteroatoms. The number of carbonyl (C=O) groups is 2. The largest absolute Gasteiger partial charge is 0.485 e. The lowest BCUT2D eigenvalue weighted by molar-refractivity contribution is -0.142. The van der Waals surface area contributed by atoms with Gasteiger partial charge in [-0.3, -0.25) is 9.59 Å². The molecule has 0 saturated carbocycles. The van der Waals surface area contributed by atoms with Crippen molar-refractivity contribution in [3.05, 3.63) is 78.4 Å². The Morgan fingerprint density at radius 3 is 2.34 bits per heavy atom. The van der Waals surface area contributed by atoms with Crippen LogP contribution >= 0.6 is 0 Å². The van der Waals surface area contributed by atoms with Crippen LogP contribution < -0.4 is 9.47 Å². The van der Waals surface area contributed by atoms with Crippen LogP contribution in [-0.4, -0.2) is 65.7 Å². The summed E-state index contributed by atoms with van der Waals surface area (Å²) in [5, 5.41) is 4.93. The normalized spacial score (nSPS) is 17.4. The van der Waals surface area contributed by atoms with E-state index in [1.54, 1.807) is 28.0 Å². The van der Waals surface area contributed by atoms with Crippen LogP contribution in [0.1, 0.15) is 10.4 Å². The van der Waals surface area contributed by atoms with Gasteiger partial charge < -0.3 is 23.8 Å². The van der Waals surface area contributed by atoms with E-state index in [1.165, 1.54) is 0 Å². The zero-order chi connectivity index (χ0) is 23.8. The fraction of sp³-hybridized carbons (Fsp3) is 0.222. The first-order valence-electron chi connectivity index (χ1n) is 11.6. The van der Waals surface area contributed by atoms with Gasteiger partial charge in [0.2, 0.25) is 6.10 Å². The minimum absolute atomic E-state index is 0.0783. The standard InChI is InChI=1S/C27H23N3O5/c31-26(19-10-11-21-20(16-19)25(35-28-21)18-6-2-1-3-7-18)29-12-14-30(15-13-29)27(32)24-17-33-22-8-4-5-9-23(22)34-24/h1-11,16,24H,12-15,17H2. The Bertz CT molecular complexity index is 1390. The summed E-state index contributed by atoms with van der Waals surface area (Å²) >= 11 is 0. The van der Waals surface area contributed by atoms with E-state index in [0.29, 0.717) is 54.5 Å². The van der Waals surface area contributed by atoms with E-state index in [1.807, 2.05) is 54.6 Å². The van der Waals surface area contributed by atoms with E-state index in [-0.39, 0.29) is 18.4 Å². The monoisotopic (exact) mass is 469 g/mol. The summed E-state index contributed by atoms with van der Waals surface area (Å²) in [4.78, 5) is 29.8. The number of rotatable bonds is 3. The SMILES string of the molecule is O=C(c1ccc2noc(-c3ccccc3)c2c1)N1CCN(C(=O)C2COc3ccccc3O2)CC1. The van der Waals surface area contributed by atoms with Crippen molar-refractivity contribution in [2.75, 3.05) is 32.8 Å². The molecule has 2 amide bonds. The van der Waals surface area contributed by atoms with Crippen molar-refractivity contribution in [3.8, 4) is 22.8 Å². The maximum Gasteiger partial charge on any atom is 0.267 e. The number of fused-ring (bicyclic) bond motifs is 2. The quantitative estimate of drug-likeness (QED) is 0.456. The summed E-state index contributed by atoms with van der Waals surface area (Å²) in [6, 6.07) is 22.4. The van der Waals surface area contributed by atoms with Gasteiger partial charge in [-0.2, -0.15) is 0 Å². The highest BCUT2D eigenvalue weighted by Crippen LogP contribution is 2.32. The summed E-state index contributed by atoms with van der Waals surface area (Å²) in [6.45, 7) is 1.95. The molecule has 1 atom stereocenters.